The number of benzene rings is 1. The van der Waals surface area contributed by atoms with E-state index < -0.39 is 11.4 Å². The zero-order valence-corrected chi connectivity index (χ0v) is 13.3. The molecule has 3 heteroatoms. The first-order valence-corrected chi connectivity index (χ1v) is 7.90. The topological polar surface area (TPSA) is 46.5 Å². The summed E-state index contributed by atoms with van der Waals surface area (Å²) < 4.78 is 5.25. The number of carboxylic acids is 1. The minimum Gasteiger partial charge on any atom is -0.497 e. The standard InChI is InChI=1S/C18H26O3/c1-4-9-17(10-5-2)12-18(13-17,16(19)20)14-7-6-8-15(11-14)21-3/h6-8,11H,4-5,9-10,12-13H2,1-3H3,(H,19,20). The monoisotopic (exact) mass is 290 g/mol. The van der Waals surface area contributed by atoms with E-state index in [4.69, 9.17) is 4.74 Å². The first kappa shape index (κ1) is 15.9. The van der Waals surface area contributed by atoms with Gasteiger partial charge in [-0.2, -0.15) is 0 Å². The van der Waals surface area contributed by atoms with Gasteiger partial charge in [0.1, 0.15) is 5.75 Å². The van der Waals surface area contributed by atoms with Crippen molar-refractivity contribution >= 4 is 5.97 Å². The second-order valence-electron chi connectivity index (χ2n) is 6.47. The van der Waals surface area contributed by atoms with E-state index in [9.17, 15) is 9.90 Å². The summed E-state index contributed by atoms with van der Waals surface area (Å²) in [5, 5.41) is 9.83. The molecule has 21 heavy (non-hydrogen) atoms. The normalized spacial score (nSPS) is 18.8. The number of hydrogen-bond donors (Lipinski definition) is 1. The average Bonchev–Trinajstić information content (AvgIpc) is 2.44. The molecule has 0 spiro atoms. The zero-order chi connectivity index (χ0) is 15.5. The van der Waals surface area contributed by atoms with Gasteiger partial charge < -0.3 is 9.84 Å². The Hall–Kier alpha value is -1.51. The highest BCUT2D eigenvalue weighted by Gasteiger charge is 2.58. The first-order valence-electron chi connectivity index (χ1n) is 7.90. The third-order valence-electron chi connectivity index (χ3n) is 4.95. The summed E-state index contributed by atoms with van der Waals surface area (Å²) in [6.45, 7) is 4.37. The highest BCUT2D eigenvalue weighted by atomic mass is 16.5. The van der Waals surface area contributed by atoms with Crippen LogP contribution in [0.3, 0.4) is 0 Å². The van der Waals surface area contributed by atoms with Gasteiger partial charge in [-0.15, -0.1) is 0 Å². The van der Waals surface area contributed by atoms with Gasteiger partial charge in [-0.25, -0.2) is 0 Å². The Morgan fingerprint density at radius 2 is 1.86 bits per heavy atom. The number of rotatable bonds is 7. The van der Waals surface area contributed by atoms with Crippen LogP contribution >= 0.6 is 0 Å². The fourth-order valence-electron chi connectivity index (χ4n) is 4.17. The fourth-order valence-corrected chi connectivity index (χ4v) is 4.17. The molecule has 0 saturated heterocycles. The molecule has 0 aromatic heterocycles. The van der Waals surface area contributed by atoms with E-state index >= 15 is 0 Å². The maximum absolute atomic E-state index is 12.0. The quantitative estimate of drug-likeness (QED) is 0.809. The van der Waals surface area contributed by atoms with E-state index in [1.54, 1.807) is 7.11 Å². The van der Waals surface area contributed by atoms with Crippen LogP contribution in [-0.2, 0) is 10.2 Å². The maximum atomic E-state index is 12.0. The highest BCUT2D eigenvalue weighted by molar-refractivity contribution is 5.83. The molecule has 2 rings (SSSR count). The van der Waals surface area contributed by atoms with Crippen LogP contribution in [0.5, 0.6) is 5.75 Å². The second-order valence-corrected chi connectivity index (χ2v) is 6.47. The average molecular weight is 290 g/mol. The Balaban J connectivity index is 2.30. The fraction of sp³-hybridized carbons (Fsp3) is 0.611. The van der Waals surface area contributed by atoms with E-state index in [0.717, 1.165) is 49.8 Å². The lowest BCUT2D eigenvalue weighted by Crippen LogP contribution is -2.54. The van der Waals surface area contributed by atoms with Crippen molar-refractivity contribution in [3.05, 3.63) is 29.8 Å². The van der Waals surface area contributed by atoms with Crippen LogP contribution in [0.4, 0.5) is 0 Å². The van der Waals surface area contributed by atoms with Crippen LogP contribution in [0.25, 0.3) is 0 Å². The van der Waals surface area contributed by atoms with Crippen molar-refractivity contribution in [2.75, 3.05) is 7.11 Å². The minimum atomic E-state index is -0.723. The van der Waals surface area contributed by atoms with Crippen LogP contribution in [0.2, 0.25) is 0 Å². The van der Waals surface area contributed by atoms with Gasteiger partial charge in [0.15, 0.2) is 0 Å². The SMILES string of the molecule is CCCC1(CCC)CC(C(=O)O)(c2cccc(OC)c2)C1. The van der Waals surface area contributed by atoms with Crippen molar-refractivity contribution in [3.8, 4) is 5.75 Å². The van der Waals surface area contributed by atoms with Gasteiger partial charge >= 0.3 is 5.97 Å². The van der Waals surface area contributed by atoms with Crippen molar-refractivity contribution in [2.45, 2.75) is 57.8 Å². The lowest BCUT2D eigenvalue weighted by Gasteiger charge is -2.55. The Kier molecular flexibility index (Phi) is 4.60. The van der Waals surface area contributed by atoms with E-state index in [-0.39, 0.29) is 5.41 Å². The van der Waals surface area contributed by atoms with Crippen LogP contribution in [0, 0.1) is 5.41 Å². The van der Waals surface area contributed by atoms with E-state index in [2.05, 4.69) is 13.8 Å². The molecule has 0 atom stereocenters. The molecule has 0 aliphatic heterocycles. The highest BCUT2D eigenvalue weighted by Crippen LogP contribution is 2.60. The van der Waals surface area contributed by atoms with E-state index in [1.807, 2.05) is 24.3 Å². The molecule has 3 nitrogen and oxygen atoms in total. The molecule has 0 unspecified atom stereocenters. The van der Waals surface area contributed by atoms with Crippen molar-refractivity contribution in [1.29, 1.82) is 0 Å². The van der Waals surface area contributed by atoms with Gasteiger partial charge in [-0.3, -0.25) is 4.79 Å². The smallest absolute Gasteiger partial charge is 0.314 e. The van der Waals surface area contributed by atoms with Gasteiger partial charge in [0, 0.05) is 0 Å². The maximum Gasteiger partial charge on any atom is 0.314 e. The molecule has 0 amide bonds. The molecule has 1 aliphatic rings. The largest absolute Gasteiger partial charge is 0.497 e. The number of carboxylic acid groups (broad SMARTS) is 1. The van der Waals surface area contributed by atoms with Crippen molar-refractivity contribution in [3.63, 3.8) is 0 Å². The summed E-state index contributed by atoms with van der Waals surface area (Å²) in [7, 11) is 1.62. The third-order valence-corrected chi connectivity index (χ3v) is 4.95. The summed E-state index contributed by atoms with van der Waals surface area (Å²) >= 11 is 0. The number of hydrogen-bond acceptors (Lipinski definition) is 2. The second kappa shape index (κ2) is 6.08. The molecule has 1 aromatic carbocycles. The summed E-state index contributed by atoms with van der Waals surface area (Å²) in [4.78, 5) is 12.0. The Bertz CT molecular complexity index is 493. The van der Waals surface area contributed by atoms with Gasteiger partial charge in [0.25, 0.3) is 0 Å². The van der Waals surface area contributed by atoms with Crippen LogP contribution in [-0.4, -0.2) is 18.2 Å². The molecule has 116 valence electrons. The minimum absolute atomic E-state index is 0.213. The van der Waals surface area contributed by atoms with Gasteiger partial charge in [-0.1, -0.05) is 38.8 Å². The van der Waals surface area contributed by atoms with Crippen LogP contribution < -0.4 is 4.74 Å². The van der Waals surface area contributed by atoms with Crippen molar-refractivity contribution in [2.24, 2.45) is 5.41 Å². The lowest BCUT2D eigenvalue weighted by atomic mass is 9.48. The number of ether oxygens (including phenoxy) is 1. The van der Waals surface area contributed by atoms with E-state index in [1.165, 1.54) is 0 Å². The number of methoxy groups -OCH3 is 1. The lowest BCUT2D eigenvalue weighted by molar-refractivity contribution is -0.155. The molecule has 1 N–H and O–H groups in total. The third kappa shape index (κ3) is 2.78. The van der Waals surface area contributed by atoms with Crippen molar-refractivity contribution in [1.82, 2.24) is 0 Å². The molecular weight excluding hydrogens is 264 g/mol. The number of carbonyl (C=O) groups is 1. The van der Waals surface area contributed by atoms with E-state index in [0.29, 0.717) is 0 Å². The molecule has 0 heterocycles. The number of aliphatic carboxylic acids is 1. The Morgan fingerprint density at radius 1 is 1.24 bits per heavy atom. The summed E-state index contributed by atoms with van der Waals surface area (Å²) in [6, 6.07) is 7.57. The van der Waals surface area contributed by atoms with Crippen LogP contribution in [0.15, 0.2) is 24.3 Å². The van der Waals surface area contributed by atoms with Gasteiger partial charge in [-0.05, 0) is 48.8 Å². The first-order chi connectivity index (χ1) is 10.0. The predicted molar refractivity (Wildman–Crippen MR) is 83.8 cm³/mol. The Morgan fingerprint density at radius 3 is 2.33 bits per heavy atom. The summed E-state index contributed by atoms with van der Waals surface area (Å²) in [6.07, 6.45) is 6.00. The molecule has 1 saturated carbocycles. The Labute approximate surface area is 127 Å². The molecule has 1 aromatic rings. The molecule has 0 radical (unpaired) electrons. The molecule has 1 fully saturated rings. The van der Waals surface area contributed by atoms with Gasteiger partial charge in [0.2, 0.25) is 0 Å². The predicted octanol–water partition coefficient (Wildman–Crippen LogP) is 4.40. The summed E-state index contributed by atoms with van der Waals surface area (Å²) in [5.41, 5.74) is 0.376. The molecule has 1 aliphatic carbocycles. The molecular formula is C18H26O3. The zero-order valence-electron chi connectivity index (χ0n) is 13.3. The molecule has 0 bridgehead atoms. The van der Waals surface area contributed by atoms with Gasteiger partial charge in [0.05, 0.1) is 12.5 Å². The van der Waals surface area contributed by atoms with Crippen molar-refractivity contribution < 1.29 is 14.6 Å². The van der Waals surface area contributed by atoms with Crippen LogP contribution in [0.1, 0.15) is 57.9 Å². The summed E-state index contributed by atoms with van der Waals surface area (Å²) in [5.74, 6) is 0.0372.